The van der Waals surface area contributed by atoms with E-state index in [0.717, 1.165) is 9.26 Å². The molecule has 0 aliphatic heterocycles. The minimum Gasteiger partial charge on any atom is -0.383 e. The first-order chi connectivity index (χ1) is 7.00. The summed E-state index contributed by atoms with van der Waals surface area (Å²) in [5, 5.41) is 3.05. The summed E-state index contributed by atoms with van der Waals surface area (Å²) < 4.78 is 13.5. The van der Waals surface area contributed by atoms with Gasteiger partial charge < -0.3 is 11.1 Å². The number of benzene rings is 1. The summed E-state index contributed by atoms with van der Waals surface area (Å²) in [4.78, 5) is 10.8. The molecule has 0 aliphatic rings. The summed E-state index contributed by atoms with van der Waals surface area (Å²) in [5.41, 5.74) is 5.93. The van der Waals surface area contributed by atoms with Crippen LogP contribution in [0.25, 0.3) is 0 Å². The van der Waals surface area contributed by atoms with Crippen LogP contribution >= 0.6 is 22.6 Å². The molecule has 82 valence electrons. The lowest BCUT2D eigenvalue weighted by Gasteiger charge is -2.11. The third-order valence-corrected chi connectivity index (χ3v) is 2.91. The first-order valence-electron chi connectivity index (χ1n) is 4.49. The number of nitrogens with two attached hydrogens (primary N) is 1. The molecule has 0 spiro atoms. The average molecular weight is 322 g/mol. The van der Waals surface area contributed by atoms with E-state index >= 15 is 0 Å². The quantitative estimate of drug-likeness (QED) is 0.833. The Hall–Kier alpha value is -0.850. The topological polar surface area (TPSA) is 55.1 Å². The molecule has 0 radical (unpaired) electrons. The molecule has 1 amide bonds. The molecule has 0 bridgehead atoms. The van der Waals surface area contributed by atoms with Gasteiger partial charge in [0.05, 0.1) is 5.92 Å². The molecule has 0 saturated heterocycles. The van der Waals surface area contributed by atoms with E-state index < -0.39 is 0 Å². The third kappa shape index (κ3) is 3.65. The van der Waals surface area contributed by atoms with Gasteiger partial charge in [-0.15, -0.1) is 0 Å². The average Bonchev–Trinajstić information content (AvgIpc) is 2.15. The summed E-state index contributed by atoms with van der Waals surface area (Å²) in [5.74, 6) is -0.863. The predicted molar refractivity (Wildman–Crippen MR) is 66.0 cm³/mol. The van der Waals surface area contributed by atoms with E-state index in [4.69, 9.17) is 5.73 Å². The van der Waals surface area contributed by atoms with Crippen LogP contribution in [0, 0.1) is 15.3 Å². The Kier molecular flexibility index (Phi) is 4.31. The molecule has 5 heteroatoms. The number of carbonyl (C=O) groups is 1. The molecule has 1 aromatic rings. The van der Waals surface area contributed by atoms with E-state index in [0.29, 0.717) is 6.54 Å². The number of anilines is 1. The molecule has 1 rings (SSSR count). The Labute approximate surface area is 101 Å². The number of nitrogens with one attached hydrogen (secondary N) is 1. The molecule has 15 heavy (non-hydrogen) atoms. The minimum absolute atomic E-state index is 0.245. The largest absolute Gasteiger partial charge is 0.383 e. The van der Waals surface area contributed by atoms with Crippen LogP contribution in [0.4, 0.5) is 10.1 Å². The molecule has 1 aromatic carbocycles. The zero-order valence-electron chi connectivity index (χ0n) is 8.26. The molecular weight excluding hydrogens is 310 g/mol. The third-order valence-electron chi connectivity index (χ3n) is 2.02. The maximum atomic E-state index is 12.8. The summed E-state index contributed by atoms with van der Waals surface area (Å²) >= 11 is 2.03. The Morgan fingerprint density at radius 2 is 2.33 bits per heavy atom. The fourth-order valence-corrected chi connectivity index (χ4v) is 1.66. The lowest BCUT2D eigenvalue weighted by Crippen LogP contribution is -2.26. The standard InChI is InChI=1S/C10H12FIN2O/c1-6(10(13)15)5-14-9-3-2-7(11)4-8(9)12/h2-4,6,14H,5H2,1H3,(H2,13,15). The van der Waals surface area contributed by atoms with Gasteiger partial charge in [0.15, 0.2) is 0 Å². The monoisotopic (exact) mass is 322 g/mol. The molecule has 0 aromatic heterocycles. The van der Waals surface area contributed by atoms with Crippen molar-refractivity contribution in [2.24, 2.45) is 11.7 Å². The van der Waals surface area contributed by atoms with Crippen molar-refractivity contribution in [3.05, 3.63) is 27.6 Å². The second-order valence-electron chi connectivity index (χ2n) is 3.31. The van der Waals surface area contributed by atoms with E-state index in [1.807, 2.05) is 22.6 Å². The molecule has 1 unspecified atom stereocenters. The highest BCUT2D eigenvalue weighted by molar-refractivity contribution is 14.1. The van der Waals surface area contributed by atoms with Crippen molar-refractivity contribution in [1.82, 2.24) is 0 Å². The number of carbonyl (C=O) groups excluding carboxylic acids is 1. The Balaban J connectivity index is 2.62. The molecule has 3 nitrogen and oxygen atoms in total. The van der Waals surface area contributed by atoms with Crippen LogP contribution in [-0.2, 0) is 4.79 Å². The van der Waals surface area contributed by atoms with Gasteiger partial charge in [0, 0.05) is 15.8 Å². The number of rotatable bonds is 4. The minimum atomic E-state index is -0.348. The van der Waals surface area contributed by atoms with Crippen LogP contribution in [0.15, 0.2) is 18.2 Å². The van der Waals surface area contributed by atoms with Gasteiger partial charge in [0.2, 0.25) is 5.91 Å². The van der Waals surface area contributed by atoms with Crippen LogP contribution in [0.2, 0.25) is 0 Å². The molecular formula is C10H12FIN2O. The maximum Gasteiger partial charge on any atom is 0.222 e. The predicted octanol–water partition coefficient (Wildman–Crippen LogP) is 1.96. The summed E-state index contributed by atoms with van der Waals surface area (Å²) in [6, 6.07) is 4.45. The number of hydrogen-bond acceptors (Lipinski definition) is 2. The van der Waals surface area contributed by atoms with Crippen LogP contribution in [-0.4, -0.2) is 12.5 Å². The van der Waals surface area contributed by atoms with Crippen molar-refractivity contribution in [3.8, 4) is 0 Å². The molecule has 1 atom stereocenters. The van der Waals surface area contributed by atoms with Gasteiger partial charge in [-0.05, 0) is 40.8 Å². The van der Waals surface area contributed by atoms with Gasteiger partial charge in [0.25, 0.3) is 0 Å². The van der Waals surface area contributed by atoms with E-state index in [2.05, 4.69) is 5.32 Å². The number of primary amides is 1. The number of halogens is 2. The lowest BCUT2D eigenvalue weighted by atomic mass is 10.1. The Morgan fingerprint density at radius 1 is 1.67 bits per heavy atom. The van der Waals surface area contributed by atoms with Gasteiger partial charge in [-0.1, -0.05) is 6.92 Å². The zero-order valence-corrected chi connectivity index (χ0v) is 10.4. The number of hydrogen-bond donors (Lipinski definition) is 2. The van der Waals surface area contributed by atoms with E-state index in [9.17, 15) is 9.18 Å². The first-order valence-corrected chi connectivity index (χ1v) is 5.57. The summed E-state index contributed by atoms with van der Waals surface area (Å²) in [6.45, 7) is 2.20. The maximum absolute atomic E-state index is 12.8. The van der Waals surface area contributed by atoms with Crippen molar-refractivity contribution in [2.45, 2.75) is 6.92 Å². The second-order valence-corrected chi connectivity index (χ2v) is 4.47. The van der Waals surface area contributed by atoms with Crippen molar-refractivity contribution < 1.29 is 9.18 Å². The van der Waals surface area contributed by atoms with Crippen LogP contribution in [0.3, 0.4) is 0 Å². The van der Waals surface area contributed by atoms with Gasteiger partial charge in [-0.3, -0.25) is 4.79 Å². The highest BCUT2D eigenvalue weighted by atomic mass is 127. The SMILES string of the molecule is CC(CNc1ccc(F)cc1I)C(N)=O. The second kappa shape index (κ2) is 5.29. The molecule has 0 heterocycles. The van der Waals surface area contributed by atoms with E-state index in [-0.39, 0.29) is 17.6 Å². The molecule has 3 N–H and O–H groups in total. The normalized spacial score (nSPS) is 12.2. The highest BCUT2D eigenvalue weighted by Gasteiger charge is 2.09. The Morgan fingerprint density at radius 3 is 2.87 bits per heavy atom. The van der Waals surface area contributed by atoms with Crippen molar-refractivity contribution in [1.29, 1.82) is 0 Å². The number of amides is 1. The van der Waals surface area contributed by atoms with Gasteiger partial charge in [0.1, 0.15) is 5.82 Å². The van der Waals surface area contributed by atoms with Gasteiger partial charge in [-0.2, -0.15) is 0 Å². The van der Waals surface area contributed by atoms with Crippen LogP contribution in [0.5, 0.6) is 0 Å². The van der Waals surface area contributed by atoms with E-state index in [1.54, 1.807) is 13.0 Å². The smallest absolute Gasteiger partial charge is 0.222 e. The van der Waals surface area contributed by atoms with Crippen molar-refractivity contribution >= 4 is 34.2 Å². The van der Waals surface area contributed by atoms with Gasteiger partial charge in [-0.25, -0.2) is 4.39 Å². The summed E-state index contributed by atoms with van der Waals surface area (Å²) in [7, 11) is 0. The highest BCUT2D eigenvalue weighted by Crippen LogP contribution is 2.19. The fourth-order valence-electron chi connectivity index (χ4n) is 0.996. The van der Waals surface area contributed by atoms with Gasteiger partial charge >= 0.3 is 0 Å². The van der Waals surface area contributed by atoms with Crippen molar-refractivity contribution in [3.63, 3.8) is 0 Å². The molecule has 0 fully saturated rings. The zero-order chi connectivity index (χ0) is 11.4. The summed E-state index contributed by atoms with van der Waals surface area (Å²) in [6.07, 6.45) is 0. The lowest BCUT2D eigenvalue weighted by molar-refractivity contribution is -0.120. The molecule has 0 saturated carbocycles. The fraction of sp³-hybridized carbons (Fsp3) is 0.300. The molecule has 0 aliphatic carbocycles. The first kappa shape index (κ1) is 12.2. The van der Waals surface area contributed by atoms with Crippen molar-refractivity contribution in [2.75, 3.05) is 11.9 Å². The Bertz CT molecular complexity index is 370. The van der Waals surface area contributed by atoms with Crippen LogP contribution in [0.1, 0.15) is 6.92 Å². The van der Waals surface area contributed by atoms with Crippen LogP contribution < -0.4 is 11.1 Å². The van der Waals surface area contributed by atoms with E-state index in [1.165, 1.54) is 12.1 Å².